The Morgan fingerprint density at radius 3 is 3.00 bits per heavy atom. The quantitative estimate of drug-likeness (QED) is 0.583. The molecule has 3 aliphatic heterocycles. The molecule has 2 bridgehead atoms. The highest BCUT2D eigenvalue weighted by Gasteiger charge is 2.68. The molecule has 2 aromatic heterocycles. The molecular weight excluding hydrogens is 418 g/mol. The molecule has 5 rings (SSSR count). The Kier molecular flexibility index (Phi) is 4.91. The van der Waals surface area contributed by atoms with E-state index in [1.165, 1.54) is 11.3 Å². The molecule has 0 unspecified atom stereocenters. The molecule has 0 aromatic carbocycles. The molecule has 3 saturated heterocycles. The van der Waals surface area contributed by atoms with Crippen LogP contribution in [0.15, 0.2) is 4.79 Å². The smallest absolute Gasteiger partial charge is 0.259 e. The van der Waals surface area contributed by atoms with Crippen molar-refractivity contribution in [3.05, 3.63) is 26.6 Å². The van der Waals surface area contributed by atoms with Gasteiger partial charge in [0.05, 0.1) is 35.5 Å². The van der Waals surface area contributed by atoms with Crippen molar-refractivity contribution in [1.29, 1.82) is 0 Å². The SMILES string of the molecule is Cc1sc2nc(CCNC(=O)[C@H]3[C@@H]4CC[C@@]5(CN(CCN)C(=O)[C@@H]35)O4)[nH]c(=O)c2c1C. The molecule has 0 radical (unpaired) electrons. The molecule has 10 heteroatoms. The van der Waals surface area contributed by atoms with E-state index in [0.717, 1.165) is 28.1 Å². The molecule has 3 fully saturated rings. The molecular formula is C21H27N5O4S. The molecule has 31 heavy (non-hydrogen) atoms. The van der Waals surface area contributed by atoms with Crippen LogP contribution >= 0.6 is 11.3 Å². The van der Waals surface area contributed by atoms with Gasteiger partial charge < -0.3 is 25.7 Å². The average Bonchev–Trinajstić information content (AvgIpc) is 3.42. The Bertz CT molecular complexity index is 1130. The van der Waals surface area contributed by atoms with E-state index in [1.54, 1.807) is 4.90 Å². The standard InChI is InChI=1S/C21H27N5O4S/c1-10-11(2)31-19-14(10)18(28)24-13(25-19)4-7-23-17(27)15-12-3-5-21(30-12)9-26(8-6-22)20(29)16(15)21/h12,15-16H,3-9,22H2,1-2H3,(H,23,27)(H,24,25,28)/t12-,15-,16+,21-/m0/s1. The van der Waals surface area contributed by atoms with Crippen LogP contribution in [-0.4, -0.2) is 64.6 Å². The van der Waals surface area contributed by atoms with Gasteiger partial charge in [-0.2, -0.15) is 0 Å². The molecule has 4 atom stereocenters. The molecule has 1 spiro atoms. The van der Waals surface area contributed by atoms with Crippen LogP contribution in [-0.2, 0) is 20.7 Å². The fourth-order valence-corrected chi connectivity index (χ4v) is 6.57. The molecule has 0 saturated carbocycles. The van der Waals surface area contributed by atoms with Crippen molar-refractivity contribution < 1.29 is 14.3 Å². The lowest BCUT2D eigenvalue weighted by molar-refractivity contribution is -0.138. The Morgan fingerprint density at radius 1 is 1.42 bits per heavy atom. The van der Waals surface area contributed by atoms with Crippen LogP contribution in [0.3, 0.4) is 0 Å². The summed E-state index contributed by atoms with van der Waals surface area (Å²) >= 11 is 1.50. The first-order chi connectivity index (χ1) is 14.8. The van der Waals surface area contributed by atoms with E-state index in [9.17, 15) is 14.4 Å². The molecule has 4 N–H and O–H groups in total. The summed E-state index contributed by atoms with van der Waals surface area (Å²) in [5.41, 5.74) is 5.92. The maximum atomic E-state index is 13.0. The first-order valence-electron chi connectivity index (χ1n) is 10.8. The van der Waals surface area contributed by atoms with Gasteiger partial charge in [0.1, 0.15) is 10.7 Å². The second kappa shape index (κ2) is 7.39. The average molecular weight is 446 g/mol. The van der Waals surface area contributed by atoms with Crippen LogP contribution < -0.4 is 16.6 Å². The fraction of sp³-hybridized carbons (Fsp3) is 0.619. The number of nitrogens with two attached hydrogens (primary N) is 1. The third-order valence-electron chi connectivity index (χ3n) is 7.05. The van der Waals surface area contributed by atoms with E-state index in [0.29, 0.717) is 43.8 Å². The molecule has 3 aliphatic rings. The molecule has 2 aromatic rings. The second-order valence-electron chi connectivity index (χ2n) is 8.83. The van der Waals surface area contributed by atoms with Gasteiger partial charge in [-0.3, -0.25) is 14.4 Å². The largest absolute Gasteiger partial charge is 0.368 e. The summed E-state index contributed by atoms with van der Waals surface area (Å²) in [6.45, 7) is 5.65. The molecule has 5 heterocycles. The Balaban J connectivity index is 1.27. The third kappa shape index (κ3) is 3.11. The summed E-state index contributed by atoms with van der Waals surface area (Å²) in [5.74, 6) is -0.533. The van der Waals surface area contributed by atoms with Crippen LogP contribution in [0, 0.1) is 25.7 Å². The van der Waals surface area contributed by atoms with Gasteiger partial charge in [-0.05, 0) is 32.3 Å². The highest BCUT2D eigenvalue weighted by molar-refractivity contribution is 7.18. The van der Waals surface area contributed by atoms with Crippen molar-refractivity contribution in [3.8, 4) is 0 Å². The number of aromatic amines is 1. The minimum Gasteiger partial charge on any atom is -0.368 e. The van der Waals surface area contributed by atoms with Gasteiger partial charge in [0, 0.05) is 30.9 Å². The summed E-state index contributed by atoms with van der Waals surface area (Å²) in [6, 6.07) is 0. The van der Waals surface area contributed by atoms with Gasteiger partial charge in [-0.1, -0.05) is 0 Å². The zero-order valence-corrected chi connectivity index (χ0v) is 18.5. The molecule has 166 valence electrons. The van der Waals surface area contributed by atoms with Gasteiger partial charge in [-0.25, -0.2) is 4.98 Å². The van der Waals surface area contributed by atoms with E-state index in [1.807, 2.05) is 13.8 Å². The lowest BCUT2D eigenvalue weighted by Crippen LogP contribution is -2.46. The van der Waals surface area contributed by atoms with Crippen molar-refractivity contribution in [1.82, 2.24) is 20.2 Å². The zero-order chi connectivity index (χ0) is 21.9. The number of fused-ring (bicyclic) bond motifs is 2. The number of carbonyl (C=O) groups is 2. The number of amides is 2. The van der Waals surface area contributed by atoms with Gasteiger partial charge in [0.25, 0.3) is 5.56 Å². The summed E-state index contributed by atoms with van der Waals surface area (Å²) in [7, 11) is 0. The van der Waals surface area contributed by atoms with Crippen LogP contribution in [0.4, 0.5) is 0 Å². The normalized spacial score (nSPS) is 29.2. The summed E-state index contributed by atoms with van der Waals surface area (Å²) < 4.78 is 6.18. The van der Waals surface area contributed by atoms with Crippen molar-refractivity contribution in [3.63, 3.8) is 0 Å². The number of aromatic nitrogens is 2. The number of likely N-dealkylation sites (tertiary alicyclic amines) is 1. The summed E-state index contributed by atoms with van der Waals surface area (Å²) in [4.78, 5) is 49.3. The predicted molar refractivity (Wildman–Crippen MR) is 116 cm³/mol. The van der Waals surface area contributed by atoms with Crippen molar-refractivity contribution in [2.24, 2.45) is 17.6 Å². The van der Waals surface area contributed by atoms with Crippen molar-refractivity contribution in [2.45, 2.75) is 44.8 Å². The van der Waals surface area contributed by atoms with Crippen molar-refractivity contribution in [2.75, 3.05) is 26.2 Å². The van der Waals surface area contributed by atoms with E-state index < -0.39 is 17.4 Å². The number of hydrogen-bond acceptors (Lipinski definition) is 7. The van der Waals surface area contributed by atoms with E-state index in [4.69, 9.17) is 10.5 Å². The summed E-state index contributed by atoms with van der Waals surface area (Å²) in [6.07, 6.45) is 1.80. The molecule has 0 aliphatic carbocycles. The van der Waals surface area contributed by atoms with Gasteiger partial charge >= 0.3 is 0 Å². The molecule has 9 nitrogen and oxygen atoms in total. The number of carbonyl (C=O) groups excluding carboxylic acids is 2. The monoisotopic (exact) mass is 445 g/mol. The van der Waals surface area contributed by atoms with E-state index in [-0.39, 0.29) is 23.5 Å². The number of ether oxygens (including phenoxy) is 1. The number of H-pyrrole nitrogens is 1. The second-order valence-corrected chi connectivity index (χ2v) is 10.0. The highest BCUT2D eigenvalue weighted by atomic mass is 32.1. The lowest BCUT2D eigenvalue weighted by Gasteiger charge is -2.26. The number of thiophene rings is 1. The van der Waals surface area contributed by atoms with E-state index >= 15 is 0 Å². The van der Waals surface area contributed by atoms with Gasteiger partial charge in [0.2, 0.25) is 11.8 Å². The van der Waals surface area contributed by atoms with Crippen LogP contribution in [0.5, 0.6) is 0 Å². The van der Waals surface area contributed by atoms with Gasteiger partial charge in [0.15, 0.2) is 0 Å². The number of nitrogens with zero attached hydrogens (tertiary/aromatic N) is 2. The predicted octanol–water partition coefficient (Wildman–Crippen LogP) is 0.225. The fourth-order valence-electron chi connectivity index (χ4n) is 5.53. The highest BCUT2D eigenvalue weighted by Crippen LogP contribution is 2.55. The van der Waals surface area contributed by atoms with Crippen LogP contribution in [0.2, 0.25) is 0 Å². The minimum absolute atomic E-state index is 0.0207. The van der Waals surface area contributed by atoms with Crippen molar-refractivity contribution >= 4 is 33.4 Å². The Hall–Kier alpha value is -2.30. The lowest BCUT2D eigenvalue weighted by atomic mass is 9.73. The first kappa shape index (κ1) is 20.6. The number of nitrogens with one attached hydrogen (secondary N) is 2. The topological polar surface area (TPSA) is 130 Å². The summed E-state index contributed by atoms with van der Waals surface area (Å²) in [5, 5.41) is 3.59. The maximum absolute atomic E-state index is 13.0. The number of hydrogen-bond donors (Lipinski definition) is 3. The first-order valence-corrected chi connectivity index (χ1v) is 11.6. The maximum Gasteiger partial charge on any atom is 0.259 e. The number of aryl methyl sites for hydroxylation is 2. The van der Waals surface area contributed by atoms with E-state index in [2.05, 4.69) is 15.3 Å². The van der Waals surface area contributed by atoms with Gasteiger partial charge in [-0.15, -0.1) is 11.3 Å². The third-order valence-corrected chi connectivity index (χ3v) is 8.15. The molecule has 2 amide bonds. The van der Waals surface area contributed by atoms with Crippen LogP contribution in [0.25, 0.3) is 10.2 Å². The minimum atomic E-state index is -0.536. The Labute approximate surface area is 183 Å². The Morgan fingerprint density at radius 2 is 2.23 bits per heavy atom. The van der Waals surface area contributed by atoms with Crippen LogP contribution in [0.1, 0.15) is 29.1 Å². The number of rotatable bonds is 6. The zero-order valence-electron chi connectivity index (χ0n) is 17.7.